The van der Waals surface area contributed by atoms with Crippen LogP contribution in [0.1, 0.15) is 35.1 Å². The normalized spacial score (nSPS) is 12.2. The van der Waals surface area contributed by atoms with Crippen LogP contribution in [-0.4, -0.2) is 5.16 Å². The Bertz CT molecular complexity index is 845. The van der Waals surface area contributed by atoms with Gasteiger partial charge in [-0.25, -0.2) is 0 Å². The summed E-state index contributed by atoms with van der Waals surface area (Å²) in [6, 6.07) is 18.9. The first kappa shape index (κ1) is 15.3. The van der Waals surface area contributed by atoms with Crippen LogP contribution in [0, 0.1) is 29.7 Å². The maximum atomic E-state index is 4.46. The topological polar surface area (TPSA) is 12.4 Å². The Morgan fingerprint density at radius 3 is 1.87 bits per heavy atom. The molecule has 1 fully saturated rings. The van der Waals surface area contributed by atoms with Gasteiger partial charge in [0.15, 0.2) is 0 Å². The van der Waals surface area contributed by atoms with Crippen molar-refractivity contribution in [1.82, 2.24) is 0 Å². The van der Waals surface area contributed by atoms with Gasteiger partial charge < -0.3 is 0 Å². The molecule has 1 aliphatic carbocycles. The monoisotopic (exact) mass is 313 g/mol. The summed E-state index contributed by atoms with van der Waals surface area (Å²) < 4.78 is 0. The number of thiocarbonyl (C=S) groups is 1. The third-order valence-electron chi connectivity index (χ3n) is 3.71. The van der Waals surface area contributed by atoms with Gasteiger partial charge in [0.1, 0.15) is 0 Å². The second-order valence-electron chi connectivity index (χ2n) is 5.61. The summed E-state index contributed by atoms with van der Waals surface area (Å²) in [7, 11) is 0. The quantitative estimate of drug-likeness (QED) is 0.453. The number of rotatable bonds is 2. The number of aliphatic imine (C=N–C) groups is 1. The molecule has 0 unspecified atom stereocenters. The van der Waals surface area contributed by atoms with Crippen LogP contribution in [0.15, 0.2) is 53.5 Å². The first-order valence-corrected chi connectivity index (χ1v) is 8.03. The summed E-state index contributed by atoms with van der Waals surface area (Å²) >= 11 is 4.46. The van der Waals surface area contributed by atoms with Gasteiger partial charge >= 0.3 is 0 Å². The van der Waals surface area contributed by atoms with E-state index in [0.717, 1.165) is 22.6 Å². The molecule has 0 spiro atoms. The predicted octanol–water partition coefficient (Wildman–Crippen LogP) is 4.45. The highest BCUT2D eigenvalue weighted by Gasteiger charge is 2.20. The van der Waals surface area contributed by atoms with Gasteiger partial charge in [0.05, 0.1) is 11.2 Å². The lowest BCUT2D eigenvalue weighted by molar-refractivity contribution is 0.832. The molecule has 0 N–H and O–H groups in total. The summed E-state index contributed by atoms with van der Waals surface area (Å²) in [6.45, 7) is 0. The van der Waals surface area contributed by atoms with E-state index in [1.165, 1.54) is 24.8 Å². The summed E-state index contributed by atoms with van der Waals surface area (Å²) in [6.07, 6.45) is 3.99. The molecule has 3 rings (SSSR count). The van der Waals surface area contributed by atoms with E-state index >= 15 is 0 Å². The highest BCUT2D eigenvalue weighted by atomic mass is 32.1. The second kappa shape index (κ2) is 7.57. The molecule has 2 aromatic carbocycles. The van der Waals surface area contributed by atoms with Gasteiger partial charge in [-0.05, 0) is 85.3 Å². The highest BCUT2D eigenvalue weighted by molar-refractivity contribution is 7.78. The number of nitrogens with zero attached hydrogens (tertiary/aromatic N) is 1. The van der Waals surface area contributed by atoms with Crippen molar-refractivity contribution in [3.63, 3.8) is 0 Å². The molecule has 0 bridgehead atoms. The molecule has 0 aliphatic heterocycles. The van der Waals surface area contributed by atoms with Gasteiger partial charge in [-0.3, -0.25) is 0 Å². The first-order valence-electron chi connectivity index (χ1n) is 7.62. The fourth-order valence-electron chi connectivity index (χ4n) is 2.28. The number of benzene rings is 2. The van der Waals surface area contributed by atoms with Crippen LogP contribution in [0.5, 0.6) is 0 Å². The molecule has 0 heterocycles. The van der Waals surface area contributed by atoms with Gasteiger partial charge in [0.25, 0.3) is 0 Å². The number of hydrogen-bond acceptors (Lipinski definition) is 2. The Morgan fingerprint density at radius 2 is 1.35 bits per heavy atom. The van der Waals surface area contributed by atoms with Crippen LogP contribution >= 0.6 is 12.2 Å². The number of isothiocyanates is 1. The summed E-state index contributed by atoms with van der Waals surface area (Å²) in [5, 5.41) is 2.22. The molecule has 2 aromatic rings. The Labute approximate surface area is 142 Å². The van der Waals surface area contributed by atoms with E-state index in [1.54, 1.807) is 0 Å². The largest absolute Gasteiger partial charge is 0.142 e. The van der Waals surface area contributed by atoms with Crippen LogP contribution in [0.4, 0.5) is 0 Å². The molecule has 1 aliphatic rings. The highest BCUT2D eigenvalue weighted by Crippen LogP contribution is 2.32. The van der Waals surface area contributed by atoms with Gasteiger partial charge in [0.2, 0.25) is 0 Å². The molecule has 0 radical (unpaired) electrons. The maximum Gasteiger partial charge on any atom is 0.0743 e. The predicted molar refractivity (Wildman–Crippen MR) is 97.2 cm³/mol. The molecular formula is C21H15NS. The third kappa shape index (κ3) is 4.94. The lowest BCUT2D eigenvalue weighted by atomic mass is 10.1. The zero-order valence-electron chi connectivity index (χ0n) is 12.7. The smallest absolute Gasteiger partial charge is 0.0743 e. The summed E-state index contributed by atoms with van der Waals surface area (Å²) in [5.41, 5.74) is 4.31. The maximum absolute atomic E-state index is 4.46. The number of hydrogen-bond donors (Lipinski definition) is 0. The van der Waals surface area contributed by atoms with Crippen molar-refractivity contribution < 1.29 is 0 Å². The zero-order chi connectivity index (χ0) is 15.9. The van der Waals surface area contributed by atoms with Crippen LogP contribution in [0.2, 0.25) is 0 Å². The Morgan fingerprint density at radius 1 is 0.826 bits per heavy atom. The van der Waals surface area contributed by atoms with Crippen LogP contribution in [0.25, 0.3) is 0 Å². The fraction of sp³-hybridized carbons (Fsp3) is 0.190. The van der Waals surface area contributed by atoms with E-state index in [9.17, 15) is 0 Å². The van der Waals surface area contributed by atoms with Crippen molar-refractivity contribution in [2.24, 2.45) is 10.9 Å². The Balaban J connectivity index is 1.66. The summed E-state index contributed by atoms with van der Waals surface area (Å²) in [4.78, 5) is 3.57. The second-order valence-corrected chi connectivity index (χ2v) is 5.79. The van der Waals surface area contributed by atoms with Crippen molar-refractivity contribution in [3.8, 4) is 23.8 Å². The average Bonchev–Trinajstić information content (AvgIpc) is 3.40. The first-order chi connectivity index (χ1) is 11.3. The standard InChI is InChI=1S/C21H15NS/c23-16-22-14-13-19-5-3-17(4-6-19)1-2-18-7-9-20(10-8-18)15-21-11-12-21/h3-10,21H,11-12,15H2. The van der Waals surface area contributed by atoms with E-state index in [-0.39, 0.29) is 0 Å². The van der Waals surface area contributed by atoms with Crippen molar-refractivity contribution in [2.45, 2.75) is 19.3 Å². The van der Waals surface area contributed by atoms with Crippen molar-refractivity contribution >= 4 is 17.4 Å². The van der Waals surface area contributed by atoms with Crippen molar-refractivity contribution in [3.05, 3.63) is 70.8 Å². The lowest BCUT2D eigenvalue weighted by Gasteiger charge is -1.98. The molecule has 2 heteroatoms. The summed E-state index contributed by atoms with van der Waals surface area (Å²) in [5.74, 6) is 10.2. The molecule has 0 aromatic heterocycles. The minimum Gasteiger partial charge on any atom is -0.142 e. The molecule has 1 saturated carbocycles. The van der Waals surface area contributed by atoms with Gasteiger partial charge in [-0.1, -0.05) is 24.0 Å². The Hall–Kier alpha value is -2.64. The minimum absolute atomic E-state index is 0.883. The SMILES string of the molecule is S=C=NC#Cc1ccc(C#Cc2ccc(CC3CC3)cc2)cc1. The van der Waals surface area contributed by atoms with E-state index in [4.69, 9.17) is 0 Å². The van der Waals surface area contributed by atoms with Gasteiger partial charge in [-0.2, -0.15) is 0 Å². The minimum atomic E-state index is 0.883. The fourth-order valence-corrected chi connectivity index (χ4v) is 2.32. The molecule has 0 amide bonds. The third-order valence-corrected chi connectivity index (χ3v) is 3.80. The molecule has 110 valence electrons. The zero-order valence-corrected chi connectivity index (χ0v) is 13.5. The van der Waals surface area contributed by atoms with Gasteiger partial charge in [-0.15, -0.1) is 4.99 Å². The van der Waals surface area contributed by atoms with E-state index in [2.05, 4.69) is 70.4 Å². The van der Waals surface area contributed by atoms with Crippen LogP contribution < -0.4 is 0 Å². The van der Waals surface area contributed by atoms with E-state index in [0.29, 0.717) is 0 Å². The molecule has 23 heavy (non-hydrogen) atoms. The Kier molecular flexibility index (Phi) is 5.02. The van der Waals surface area contributed by atoms with Crippen molar-refractivity contribution in [2.75, 3.05) is 0 Å². The lowest BCUT2D eigenvalue weighted by Crippen LogP contribution is -1.86. The van der Waals surface area contributed by atoms with Crippen LogP contribution in [0.3, 0.4) is 0 Å². The molecule has 1 nitrogen and oxygen atoms in total. The van der Waals surface area contributed by atoms with E-state index < -0.39 is 0 Å². The van der Waals surface area contributed by atoms with Crippen molar-refractivity contribution in [1.29, 1.82) is 0 Å². The molecule has 0 saturated heterocycles. The average molecular weight is 313 g/mol. The van der Waals surface area contributed by atoms with Gasteiger partial charge in [0, 0.05) is 16.7 Å². The molecular weight excluding hydrogens is 298 g/mol. The van der Waals surface area contributed by atoms with Crippen LogP contribution in [-0.2, 0) is 6.42 Å². The van der Waals surface area contributed by atoms with E-state index in [1.807, 2.05) is 24.3 Å². The molecule has 0 atom stereocenters.